The molecule has 146 valence electrons. The zero-order valence-corrected chi connectivity index (χ0v) is 15.8. The smallest absolute Gasteiger partial charge is 0.255 e. The molecule has 29 heavy (non-hydrogen) atoms. The maximum absolute atomic E-state index is 12.3. The molecule has 3 aromatic rings. The van der Waals surface area contributed by atoms with Gasteiger partial charge in [-0.15, -0.1) is 0 Å². The van der Waals surface area contributed by atoms with Crippen LogP contribution in [-0.2, 0) is 4.79 Å². The Labute approximate surface area is 169 Å². The molecule has 0 heterocycles. The highest BCUT2D eigenvalue weighted by Gasteiger charge is 2.24. The van der Waals surface area contributed by atoms with Gasteiger partial charge < -0.3 is 5.32 Å². The molecule has 4 rings (SSSR count). The average Bonchev–Trinajstić information content (AvgIpc) is 3.59. The predicted octanol–water partition coefficient (Wildman–Crippen LogP) is 3.88. The fourth-order valence-corrected chi connectivity index (χ4v) is 3.38. The van der Waals surface area contributed by atoms with Gasteiger partial charge in [-0.3, -0.25) is 14.8 Å². The minimum atomic E-state index is -0.594. The number of hydroxylamine groups is 1. The summed E-state index contributed by atoms with van der Waals surface area (Å²) in [4.78, 5) is 24.4. The molecule has 1 aliphatic rings. The van der Waals surface area contributed by atoms with Crippen LogP contribution in [0.2, 0.25) is 0 Å². The third-order valence-corrected chi connectivity index (χ3v) is 5.14. The summed E-state index contributed by atoms with van der Waals surface area (Å²) in [7, 11) is 0. The van der Waals surface area contributed by atoms with Crippen LogP contribution in [0.1, 0.15) is 40.2 Å². The highest BCUT2D eigenvalue weighted by molar-refractivity contribution is 5.95. The highest BCUT2D eigenvalue weighted by Crippen LogP contribution is 2.28. The number of rotatable bonds is 6. The van der Waals surface area contributed by atoms with Gasteiger partial charge in [0.05, 0.1) is 5.92 Å². The molecule has 5 nitrogen and oxygen atoms in total. The molecule has 0 spiro atoms. The maximum Gasteiger partial charge on any atom is 0.255 e. The van der Waals surface area contributed by atoms with Gasteiger partial charge in [-0.05, 0) is 47.2 Å². The van der Waals surface area contributed by atoms with Gasteiger partial charge in [-0.1, -0.05) is 66.7 Å². The molecule has 0 aliphatic heterocycles. The summed E-state index contributed by atoms with van der Waals surface area (Å²) in [5.74, 6) is -1.10. The van der Waals surface area contributed by atoms with Crippen molar-refractivity contribution in [2.75, 3.05) is 0 Å². The molecule has 1 unspecified atom stereocenters. The summed E-state index contributed by atoms with van der Waals surface area (Å²) in [6.07, 6.45) is 2.13. The maximum atomic E-state index is 12.3. The Kier molecular flexibility index (Phi) is 5.40. The zero-order valence-electron chi connectivity index (χ0n) is 15.8. The monoisotopic (exact) mass is 386 g/mol. The van der Waals surface area contributed by atoms with Crippen LogP contribution in [0.5, 0.6) is 0 Å². The molecular weight excluding hydrogens is 364 g/mol. The van der Waals surface area contributed by atoms with Gasteiger partial charge in [-0.2, -0.15) is 0 Å². The van der Waals surface area contributed by atoms with Gasteiger partial charge in [0.1, 0.15) is 0 Å². The van der Waals surface area contributed by atoms with E-state index in [4.69, 9.17) is 5.21 Å². The van der Waals surface area contributed by atoms with Crippen molar-refractivity contribution >= 4 is 11.8 Å². The Balaban J connectivity index is 1.54. The van der Waals surface area contributed by atoms with Crippen molar-refractivity contribution in [3.8, 4) is 11.1 Å². The van der Waals surface area contributed by atoms with Crippen LogP contribution >= 0.6 is 0 Å². The number of amides is 2. The van der Waals surface area contributed by atoms with Crippen molar-refractivity contribution < 1.29 is 14.8 Å². The molecule has 5 heteroatoms. The largest absolute Gasteiger partial charge is 0.349 e. The van der Waals surface area contributed by atoms with Crippen LogP contribution in [0.15, 0.2) is 78.9 Å². The van der Waals surface area contributed by atoms with Crippen molar-refractivity contribution in [2.45, 2.75) is 24.8 Å². The second kappa shape index (κ2) is 8.29. The molecule has 1 fully saturated rings. The van der Waals surface area contributed by atoms with E-state index >= 15 is 0 Å². The van der Waals surface area contributed by atoms with Crippen molar-refractivity contribution in [3.63, 3.8) is 0 Å². The fraction of sp³-hybridized carbons (Fsp3) is 0.167. The molecule has 0 radical (unpaired) electrons. The molecule has 0 bridgehead atoms. The van der Waals surface area contributed by atoms with E-state index < -0.39 is 11.8 Å². The molecule has 2 amide bonds. The lowest BCUT2D eigenvalue weighted by molar-refractivity contribution is -0.129. The molecule has 0 saturated heterocycles. The third kappa shape index (κ3) is 4.36. The number of hydrogen-bond acceptors (Lipinski definition) is 3. The van der Waals surface area contributed by atoms with E-state index in [9.17, 15) is 9.59 Å². The molecule has 3 aromatic carbocycles. The molecule has 1 saturated carbocycles. The first-order valence-electron chi connectivity index (χ1n) is 9.66. The van der Waals surface area contributed by atoms with Crippen molar-refractivity contribution in [1.29, 1.82) is 0 Å². The van der Waals surface area contributed by atoms with Gasteiger partial charge in [0.2, 0.25) is 0 Å². The lowest BCUT2D eigenvalue weighted by Gasteiger charge is -2.16. The Morgan fingerprint density at radius 1 is 0.793 bits per heavy atom. The van der Waals surface area contributed by atoms with Gasteiger partial charge >= 0.3 is 0 Å². The van der Waals surface area contributed by atoms with Gasteiger partial charge in [0, 0.05) is 11.6 Å². The van der Waals surface area contributed by atoms with E-state index in [1.54, 1.807) is 5.48 Å². The third-order valence-electron chi connectivity index (χ3n) is 5.14. The molecular formula is C24H22N2O3. The van der Waals surface area contributed by atoms with E-state index in [2.05, 4.69) is 5.32 Å². The van der Waals surface area contributed by atoms with Gasteiger partial charge in [0.25, 0.3) is 11.8 Å². The summed E-state index contributed by atoms with van der Waals surface area (Å²) in [5, 5.41) is 12.1. The van der Waals surface area contributed by atoms with E-state index in [0.29, 0.717) is 11.6 Å². The van der Waals surface area contributed by atoms with Crippen LogP contribution in [0.25, 0.3) is 11.1 Å². The van der Waals surface area contributed by atoms with E-state index in [-0.39, 0.29) is 5.91 Å². The fourth-order valence-electron chi connectivity index (χ4n) is 3.38. The van der Waals surface area contributed by atoms with Crippen molar-refractivity contribution in [2.24, 2.45) is 0 Å². The highest BCUT2D eigenvalue weighted by atomic mass is 16.5. The van der Waals surface area contributed by atoms with Gasteiger partial charge in [0.15, 0.2) is 0 Å². The zero-order chi connectivity index (χ0) is 20.2. The lowest BCUT2D eigenvalue weighted by atomic mass is 9.89. The summed E-state index contributed by atoms with van der Waals surface area (Å²) in [6.45, 7) is 0. The van der Waals surface area contributed by atoms with E-state index in [1.807, 2.05) is 78.9 Å². The SMILES string of the molecule is O=C(NC1CC1)c1ccc(-c2ccc(C(C(=O)NO)c3ccccc3)cc2)cc1. The lowest BCUT2D eigenvalue weighted by Crippen LogP contribution is -2.27. The summed E-state index contributed by atoms with van der Waals surface area (Å²) in [5.41, 5.74) is 5.98. The molecule has 0 aromatic heterocycles. The average molecular weight is 386 g/mol. The number of carbonyl (C=O) groups excluding carboxylic acids is 2. The van der Waals surface area contributed by atoms with Crippen LogP contribution in [0, 0.1) is 0 Å². The van der Waals surface area contributed by atoms with E-state index in [1.165, 1.54) is 0 Å². The molecule has 1 atom stereocenters. The first-order valence-corrected chi connectivity index (χ1v) is 9.66. The molecule has 1 aliphatic carbocycles. The van der Waals surface area contributed by atoms with Crippen molar-refractivity contribution in [1.82, 2.24) is 10.8 Å². The second-order valence-electron chi connectivity index (χ2n) is 7.27. The predicted molar refractivity (Wildman–Crippen MR) is 111 cm³/mol. The summed E-state index contributed by atoms with van der Waals surface area (Å²) < 4.78 is 0. The Bertz CT molecular complexity index is 995. The Morgan fingerprint density at radius 3 is 1.90 bits per heavy atom. The minimum absolute atomic E-state index is 0.0323. The first kappa shape index (κ1) is 18.9. The normalized spacial score (nSPS) is 14.1. The van der Waals surface area contributed by atoms with E-state index in [0.717, 1.165) is 35.1 Å². The van der Waals surface area contributed by atoms with Crippen LogP contribution in [0.4, 0.5) is 0 Å². The minimum Gasteiger partial charge on any atom is -0.349 e. The van der Waals surface area contributed by atoms with Gasteiger partial charge in [-0.25, -0.2) is 5.48 Å². The Hall–Kier alpha value is -3.44. The van der Waals surface area contributed by atoms with Crippen molar-refractivity contribution in [3.05, 3.63) is 95.6 Å². The quantitative estimate of drug-likeness (QED) is 0.444. The number of benzene rings is 3. The topological polar surface area (TPSA) is 78.4 Å². The van der Waals surface area contributed by atoms with Crippen LogP contribution in [-0.4, -0.2) is 23.1 Å². The molecule has 3 N–H and O–H groups in total. The standard InChI is InChI=1S/C24H22N2O3/c27-23(25-21-14-15-21)20-12-8-17(9-13-20)16-6-10-19(11-7-16)22(24(28)26-29)18-4-2-1-3-5-18/h1-13,21-22,29H,14-15H2,(H,25,27)(H,26,28). The Morgan fingerprint density at radius 2 is 1.34 bits per heavy atom. The van der Waals surface area contributed by atoms with Crippen LogP contribution in [0.3, 0.4) is 0 Å². The summed E-state index contributed by atoms with van der Waals surface area (Å²) >= 11 is 0. The number of nitrogens with one attached hydrogen (secondary N) is 2. The number of hydrogen-bond donors (Lipinski definition) is 3. The summed E-state index contributed by atoms with van der Waals surface area (Å²) in [6, 6.07) is 24.8. The van der Waals surface area contributed by atoms with Crippen LogP contribution < -0.4 is 10.8 Å². The second-order valence-corrected chi connectivity index (χ2v) is 7.27. The first-order chi connectivity index (χ1) is 14.2. The number of carbonyl (C=O) groups is 2.